The predicted octanol–water partition coefficient (Wildman–Crippen LogP) is 4.65. The molecule has 0 spiro atoms. The number of hydrogen-bond donors (Lipinski definition) is 1. The van der Waals surface area contributed by atoms with Gasteiger partial charge in [0.05, 0.1) is 11.9 Å². The van der Waals surface area contributed by atoms with E-state index in [4.69, 9.17) is 11.6 Å². The molecule has 0 heterocycles. The van der Waals surface area contributed by atoms with Crippen LogP contribution in [0.5, 0.6) is 0 Å². The molecule has 2 amide bonds. The molecule has 0 aliphatic heterocycles. The van der Waals surface area contributed by atoms with Gasteiger partial charge >= 0.3 is 0 Å². The van der Waals surface area contributed by atoms with E-state index in [1.807, 2.05) is 51.1 Å². The van der Waals surface area contributed by atoms with Crippen LogP contribution in [0.25, 0.3) is 0 Å². The molecule has 2 aromatic rings. The fourth-order valence-electron chi connectivity index (χ4n) is 3.97. The highest BCUT2D eigenvalue weighted by atomic mass is 35.5. The van der Waals surface area contributed by atoms with E-state index in [2.05, 4.69) is 5.32 Å². The zero-order valence-corrected chi connectivity index (χ0v) is 23.2. The molecule has 0 unspecified atom stereocenters. The number of amides is 2. The maximum absolute atomic E-state index is 13.4. The molecule has 1 N–H and O–H groups in total. The molecule has 36 heavy (non-hydrogen) atoms. The van der Waals surface area contributed by atoms with Crippen LogP contribution in [0, 0.1) is 0 Å². The third kappa shape index (κ3) is 9.13. The Morgan fingerprint density at radius 1 is 1.00 bits per heavy atom. The maximum Gasteiger partial charge on any atom is 0.243 e. The molecule has 2 atom stereocenters. The Balaban J connectivity index is 2.16. The van der Waals surface area contributed by atoms with Crippen LogP contribution in [0.3, 0.4) is 0 Å². The van der Waals surface area contributed by atoms with Crippen LogP contribution in [-0.2, 0) is 26.0 Å². The van der Waals surface area contributed by atoms with Crippen molar-refractivity contribution in [1.29, 1.82) is 0 Å². The van der Waals surface area contributed by atoms with Gasteiger partial charge in [-0.2, -0.15) is 0 Å². The van der Waals surface area contributed by atoms with Crippen LogP contribution in [0.2, 0.25) is 5.02 Å². The third-order valence-electron chi connectivity index (χ3n) is 6.12. The van der Waals surface area contributed by atoms with Gasteiger partial charge in [-0.25, -0.2) is 8.42 Å². The lowest BCUT2D eigenvalue weighted by Gasteiger charge is -2.32. The summed E-state index contributed by atoms with van der Waals surface area (Å²) in [6, 6.07) is 15.9. The zero-order chi connectivity index (χ0) is 26.7. The zero-order valence-electron chi connectivity index (χ0n) is 21.6. The number of rotatable bonds is 14. The van der Waals surface area contributed by atoms with Crippen LogP contribution in [0.4, 0.5) is 5.69 Å². The predicted molar refractivity (Wildman–Crippen MR) is 147 cm³/mol. The molecule has 0 saturated carbocycles. The number of carbonyl (C=O) groups excluding carboxylic acids is 2. The van der Waals surface area contributed by atoms with Gasteiger partial charge in [-0.1, -0.05) is 61.8 Å². The Morgan fingerprint density at radius 2 is 1.69 bits per heavy atom. The van der Waals surface area contributed by atoms with Crippen LogP contribution in [-0.4, -0.2) is 56.6 Å². The summed E-state index contributed by atoms with van der Waals surface area (Å²) < 4.78 is 26.1. The molecule has 2 rings (SSSR count). The van der Waals surface area contributed by atoms with Crippen molar-refractivity contribution in [3.8, 4) is 0 Å². The van der Waals surface area contributed by atoms with E-state index in [-0.39, 0.29) is 30.8 Å². The molecule has 0 saturated heterocycles. The highest BCUT2D eigenvalue weighted by Gasteiger charge is 2.29. The summed E-state index contributed by atoms with van der Waals surface area (Å²) in [5, 5.41) is 3.44. The van der Waals surface area contributed by atoms with Crippen molar-refractivity contribution >= 4 is 39.1 Å². The van der Waals surface area contributed by atoms with Gasteiger partial charge in [-0.3, -0.25) is 13.9 Å². The van der Waals surface area contributed by atoms with E-state index in [1.165, 1.54) is 4.31 Å². The van der Waals surface area contributed by atoms with Crippen molar-refractivity contribution in [2.24, 2.45) is 0 Å². The number of nitrogens with one attached hydrogen (secondary N) is 1. The second-order valence-electron chi connectivity index (χ2n) is 8.98. The Bertz CT molecular complexity index is 1100. The first kappa shape index (κ1) is 29.6. The molecule has 0 fully saturated rings. The van der Waals surface area contributed by atoms with E-state index in [1.54, 1.807) is 29.2 Å². The number of carbonyl (C=O) groups is 2. The maximum atomic E-state index is 13.4. The van der Waals surface area contributed by atoms with Crippen LogP contribution >= 0.6 is 11.6 Å². The lowest BCUT2D eigenvalue weighted by atomic mass is 10.1. The summed E-state index contributed by atoms with van der Waals surface area (Å²) in [4.78, 5) is 28.1. The van der Waals surface area contributed by atoms with Gasteiger partial charge in [0.2, 0.25) is 21.8 Å². The molecule has 2 aromatic carbocycles. The number of halogens is 1. The van der Waals surface area contributed by atoms with E-state index >= 15 is 0 Å². The summed E-state index contributed by atoms with van der Waals surface area (Å²) in [7, 11) is -3.56. The van der Waals surface area contributed by atoms with Gasteiger partial charge in [0.25, 0.3) is 0 Å². The fourth-order valence-corrected chi connectivity index (χ4v) is 5.11. The van der Waals surface area contributed by atoms with Gasteiger partial charge < -0.3 is 10.2 Å². The number of benzene rings is 2. The lowest BCUT2D eigenvalue weighted by Crippen LogP contribution is -2.51. The highest BCUT2D eigenvalue weighted by molar-refractivity contribution is 7.92. The molecule has 0 radical (unpaired) electrons. The second-order valence-corrected chi connectivity index (χ2v) is 11.3. The smallest absolute Gasteiger partial charge is 0.243 e. The van der Waals surface area contributed by atoms with Gasteiger partial charge in [-0.15, -0.1) is 0 Å². The minimum Gasteiger partial charge on any atom is -0.352 e. The average molecular weight is 536 g/mol. The van der Waals surface area contributed by atoms with E-state index < -0.39 is 16.1 Å². The summed E-state index contributed by atoms with van der Waals surface area (Å²) in [5.41, 5.74) is 1.54. The van der Waals surface area contributed by atoms with E-state index in [9.17, 15) is 18.0 Å². The summed E-state index contributed by atoms with van der Waals surface area (Å²) >= 11 is 6.06. The quantitative estimate of drug-likeness (QED) is 0.381. The third-order valence-corrected chi connectivity index (χ3v) is 7.55. The van der Waals surface area contributed by atoms with E-state index in [0.29, 0.717) is 36.5 Å². The largest absolute Gasteiger partial charge is 0.352 e. The number of sulfonamides is 1. The SMILES string of the molecule is CC[C@@H](C)NC(=O)[C@H](CC)N(CCc1ccccc1)C(=O)CCCN(c1cccc(Cl)c1)S(C)(=O)=O. The first-order chi connectivity index (χ1) is 17.1. The first-order valence-electron chi connectivity index (χ1n) is 12.4. The van der Waals surface area contributed by atoms with Gasteiger partial charge in [0.1, 0.15) is 6.04 Å². The summed E-state index contributed by atoms with van der Waals surface area (Å²) in [6.07, 6.45) is 3.47. The summed E-state index contributed by atoms with van der Waals surface area (Å²) in [5.74, 6) is -0.332. The van der Waals surface area contributed by atoms with Crippen LogP contribution in [0.1, 0.15) is 52.0 Å². The van der Waals surface area contributed by atoms with Gasteiger partial charge in [-0.05, 0) is 56.4 Å². The van der Waals surface area contributed by atoms with Crippen molar-refractivity contribution in [2.45, 2.75) is 65.0 Å². The standard InChI is InChI=1S/C27H38ClN3O4S/c1-5-21(3)29-27(33)25(6-2)30(19-17-22-12-8-7-9-13-22)26(32)16-11-18-31(36(4,34)35)24-15-10-14-23(28)20-24/h7-10,12-15,20-21,25H,5-6,11,16-19H2,1-4H3,(H,29,33)/t21-,25+/m1/s1. The first-order valence-corrected chi connectivity index (χ1v) is 14.7. The van der Waals surface area contributed by atoms with Crippen molar-refractivity contribution < 1.29 is 18.0 Å². The monoisotopic (exact) mass is 535 g/mol. The minimum absolute atomic E-state index is 0.0126. The Kier molecular flexibility index (Phi) is 11.7. The Morgan fingerprint density at radius 3 is 2.28 bits per heavy atom. The fraction of sp³-hybridized carbons (Fsp3) is 0.481. The topological polar surface area (TPSA) is 86.8 Å². The molecule has 9 heteroatoms. The van der Waals surface area contributed by atoms with Crippen molar-refractivity contribution in [3.63, 3.8) is 0 Å². The molecule has 198 valence electrons. The second kappa shape index (κ2) is 14.2. The van der Waals surface area contributed by atoms with E-state index in [0.717, 1.165) is 18.2 Å². The number of hydrogen-bond acceptors (Lipinski definition) is 4. The van der Waals surface area contributed by atoms with Gasteiger partial charge in [0, 0.05) is 30.6 Å². The highest BCUT2D eigenvalue weighted by Crippen LogP contribution is 2.22. The molecular formula is C27H38ClN3O4S. The van der Waals surface area contributed by atoms with Crippen molar-refractivity contribution in [2.75, 3.05) is 23.7 Å². The number of anilines is 1. The molecule has 0 aliphatic rings. The lowest BCUT2D eigenvalue weighted by molar-refractivity contribution is -0.141. The number of nitrogens with zero attached hydrogens (tertiary/aromatic N) is 2. The summed E-state index contributed by atoms with van der Waals surface area (Å²) in [6.45, 7) is 6.37. The van der Waals surface area contributed by atoms with Crippen molar-refractivity contribution in [1.82, 2.24) is 10.2 Å². The Labute approximate surface area is 220 Å². The molecule has 0 aromatic heterocycles. The molecular weight excluding hydrogens is 498 g/mol. The molecule has 0 bridgehead atoms. The van der Waals surface area contributed by atoms with Crippen LogP contribution in [0.15, 0.2) is 54.6 Å². The van der Waals surface area contributed by atoms with Gasteiger partial charge in [0.15, 0.2) is 0 Å². The Hall–Kier alpha value is -2.58. The van der Waals surface area contributed by atoms with Crippen molar-refractivity contribution in [3.05, 3.63) is 65.2 Å². The van der Waals surface area contributed by atoms with Crippen LogP contribution < -0.4 is 9.62 Å². The molecule has 7 nitrogen and oxygen atoms in total. The average Bonchev–Trinajstić information content (AvgIpc) is 2.83. The normalized spacial score (nSPS) is 13.0. The molecule has 0 aliphatic carbocycles. The minimum atomic E-state index is -3.56.